The Labute approximate surface area is 138 Å². The summed E-state index contributed by atoms with van der Waals surface area (Å²) in [6.07, 6.45) is 3.09. The standard InChI is InChI=1S/C18H28N2O3/c1-5-7-8-13-19-16(21)18(3,4)17(22)20-14-9-11-15(12-10-14)23-6-2/h9-12H,5-8,13H2,1-4H3,(H,19,21)(H,20,22). The molecule has 0 bridgehead atoms. The molecule has 0 aliphatic carbocycles. The Hall–Kier alpha value is -2.04. The van der Waals surface area contributed by atoms with Crippen LogP contribution in [-0.2, 0) is 9.59 Å². The highest BCUT2D eigenvalue weighted by Crippen LogP contribution is 2.21. The van der Waals surface area contributed by atoms with Crippen molar-refractivity contribution in [3.05, 3.63) is 24.3 Å². The lowest BCUT2D eigenvalue weighted by atomic mass is 9.91. The fourth-order valence-corrected chi connectivity index (χ4v) is 1.99. The van der Waals surface area contributed by atoms with Crippen molar-refractivity contribution < 1.29 is 14.3 Å². The Kier molecular flexibility index (Phi) is 7.59. The molecule has 0 unspecified atom stereocenters. The van der Waals surface area contributed by atoms with Crippen molar-refractivity contribution in [2.24, 2.45) is 5.41 Å². The van der Waals surface area contributed by atoms with E-state index in [9.17, 15) is 9.59 Å². The first-order valence-corrected chi connectivity index (χ1v) is 8.24. The van der Waals surface area contributed by atoms with Crippen LogP contribution in [0.2, 0.25) is 0 Å². The Morgan fingerprint density at radius 2 is 1.70 bits per heavy atom. The van der Waals surface area contributed by atoms with Gasteiger partial charge in [0, 0.05) is 12.2 Å². The average molecular weight is 320 g/mol. The maximum Gasteiger partial charge on any atom is 0.239 e. The molecule has 1 aromatic rings. The van der Waals surface area contributed by atoms with Crippen molar-refractivity contribution in [1.29, 1.82) is 0 Å². The van der Waals surface area contributed by atoms with Crippen molar-refractivity contribution in [2.75, 3.05) is 18.5 Å². The molecule has 0 aliphatic rings. The van der Waals surface area contributed by atoms with Crippen LogP contribution in [0.4, 0.5) is 5.69 Å². The predicted octanol–water partition coefficient (Wildman–Crippen LogP) is 3.36. The van der Waals surface area contributed by atoms with Gasteiger partial charge in [0.15, 0.2) is 0 Å². The van der Waals surface area contributed by atoms with E-state index < -0.39 is 5.41 Å². The van der Waals surface area contributed by atoms with Crippen LogP contribution in [0.5, 0.6) is 5.75 Å². The molecule has 2 N–H and O–H groups in total. The van der Waals surface area contributed by atoms with Crippen molar-refractivity contribution in [3.63, 3.8) is 0 Å². The topological polar surface area (TPSA) is 67.4 Å². The molecule has 0 aromatic heterocycles. The second kappa shape index (κ2) is 9.18. The molecule has 128 valence electrons. The highest BCUT2D eigenvalue weighted by Gasteiger charge is 2.35. The Balaban J connectivity index is 2.58. The van der Waals surface area contributed by atoms with Gasteiger partial charge in [0.1, 0.15) is 11.2 Å². The molecule has 0 heterocycles. The Morgan fingerprint density at radius 1 is 1.04 bits per heavy atom. The van der Waals surface area contributed by atoms with Crippen LogP contribution >= 0.6 is 0 Å². The molecule has 0 atom stereocenters. The smallest absolute Gasteiger partial charge is 0.239 e. The second-order valence-electron chi connectivity index (χ2n) is 6.00. The van der Waals surface area contributed by atoms with Gasteiger partial charge in [-0.2, -0.15) is 0 Å². The number of carbonyl (C=O) groups is 2. The fraction of sp³-hybridized carbons (Fsp3) is 0.556. The Morgan fingerprint density at radius 3 is 2.26 bits per heavy atom. The molecule has 0 saturated heterocycles. The van der Waals surface area contributed by atoms with Crippen LogP contribution in [-0.4, -0.2) is 25.0 Å². The third-order valence-electron chi connectivity index (χ3n) is 3.62. The lowest BCUT2D eigenvalue weighted by Gasteiger charge is -2.22. The first kappa shape index (κ1) is 19.0. The number of benzene rings is 1. The van der Waals surface area contributed by atoms with E-state index in [1.807, 2.05) is 6.92 Å². The zero-order chi connectivity index (χ0) is 17.3. The first-order chi connectivity index (χ1) is 10.9. The number of hydrogen-bond acceptors (Lipinski definition) is 3. The van der Waals surface area contributed by atoms with E-state index in [-0.39, 0.29) is 11.8 Å². The van der Waals surface area contributed by atoms with E-state index in [0.717, 1.165) is 25.0 Å². The van der Waals surface area contributed by atoms with Gasteiger partial charge in [-0.15, -0.1) is 0 Å². The molecular formula is C18H28N2O3. The summed E-state index contributed by atoms with van der Waals surface area (Å²) < 4.78 is 5.36. The van der Waals surface area contributed by atoms with Crippen molar-refractivity contribution in [2.45, 2.75) is 47.0 Å². The van der Waals surface area contributed by atoms with Gasteiger partial charge < -0.3 is 15.4 Å². The summed E-state index contributed by atoms with van der Waals surface area (Å²) in [5, 5.41) is 5.61. The highest BCUT2D eigenvalue weighted by molar-refractivity contribution is 6.09. The minimum absolute atomic E-state index is 0.253. The van der Waals surface area contributed by atoms with Gasteiger partial charge in [-0.1, -0.05) is 19.8 Å². The molecule has 0 aliphatic heterocycles. The highest BCUT2D eigenvalue weighted by atomic mass is 16.5. The van der Waals surface area contributed by atoms with E-state index in [2.05, 4.69) is 17.6 Å². The number of unbranched alkanes of at least 4 members (excludes halogenated alkanes) is 2. The fourth-order valence-electron chi connectivity index (χ4n) is 1.99. The van der Waals surface area contributed by atoms with Crippen LogP contribution in [0.3, 0.4) is 0 Å². The zero-order valence-corrected chi connectivity index (χ0v) is 14.6. The third-order valence-corrected chi connectivity index (χ3v) is 3.62. The van der Waals surface area contributed by atoms with Gasteiger partial charge >= 0.3 is 0 Å². The van der Waals surface area contributed by atoms with Crippen LogP contribution < -0.4 is 15.4 Å². The number of ether oxygens (including phenoxy) is 1. The van der Waals surface area contributed by atoms with Crippen LogP contribution in [0.1, 0.15) is 47.0 Å². The van der Waals surface area contributed by atoms with E-state index in [4.69, 9.17) is 4.74 Å². The van der Waals surface area contributed by atoms with Gasteiger partial charge in [0.2, 0.25) is 11.8 Å². The molecule has 23 heavy (non-hydrogen) atoms. The van der Waals surface area contributed by atoms with Crippen LogP contribution in [0, 0.1) is 5.41 Å². The lowest BCUT2D eigenvalue weighted by Crippen LogP contribution is -2.45. The summed E-state index contributed by atoms with van der Waals surface area (Å²) in [4.78, 5) is 24.6. The van der Waals surface area contributed by atoms with Gasteiger partial charge in [0.05, 0.1) is 6.61 Å². The monoisotopic (exact) mass is 320 g/mol. The SMILES string of the molecule is CCCCCNC(=O)C(C)(C)C(=O)Nc1ccc(OCC)cc1. The van der Waals surface area contributed by atoms with Crippen molar-refractivity contribution in [3.8, 4) is 5.75 Å². The summed E-state index contributed by atoms with van der Waals surface area (Å²) >= 11 is 0. The zero-order valence-electron chi connectivity index (χ0n) is 14.6. The van der Waals surface area contributed by atoms with Crippen LogP contribution in [0.25, 0.3) is 0 Å². The Bertz CT molecular complexity index is 510. The maximum absolute atomic E-state index is 12.4. The summed E-state index contributed by atoms with van der Waals surface area (Å²) in [6.45, 7) is 8.48. The predicted molar refractivity (Wildman–Crippen MR) is 92.6 cm³/mol. The minimum Gasteiger partial charge on any atom is -0.494 e. The lowest BCUT2D eigenvalue weighted by molar-refractivity contribution is -0.138. The molecule has 5 nitrogen and oxygen atoms in total. The van der Waals surface area contributed by atoms with E-state index in [1.54, 1.807) is 38.1 Å². The summed E-state index contributed by atoms with van der Waals surface area (Å²) in [5.74, 6) is 0.171. The van der Waals surface area contributed by atoms with Gasteiger partial charge in [-0.3, -0.25) is 9.59 Å². The molecule has 0 spiro atoms. The molecule has 2 amide bonds. The molecule has 0 saturated carbocycles. The van der Waals surface area contributed by atoms with E-state index in [1.165, 1.54) is 0 Å². The van der Waals surface area contributed by atoms with Gasteiger partial charge in [-0.05, 0) is 51.5 Å². The van der Waals surface area contributed by atoms with Crippen molar-refractivity contribution >= 4 is 17.5 Å². The number of anilines is 1. The summed E-state index contributed by atoms with van der Waals surface area (Å²) in [6, 6.07) is 7.10. The maximum atomic E-state index is 12.4. The van der Waals surface area contributed by atoms with Crippen molar-refractivity contribution in [1.82, 2.24) is 5.32 Å². The molecule has 1 rings (SSSR count). The van der Waals surface area contributed by atoms with Crippen LogP contribution in [0.15, 0.2) is 24.3 Å². The number of hydrogen-bond donors (Lipinski definition) is 2. The average Bonchev–Trinajstić information content (AvgIpc) is 2.53. The normalized spacial score (nSPS) is 11.0. The second-order valence-corrected chi connectivity index (χ2v) is 6.00. The van der Waals surface area contributed by atoms with E-state index in [0.29, 0.717) is 18.8 Å². The minimum atomic E-state index is -1.12. The summed E-state index contributed by atoms with van der Waals surface area (Å²) in [5.41, 5.74) is -0.476. The molecule has 1 aromatic carbocycles. The molecule has 5 heteroatoms. The number of amides is 2. The number of nitrogens with one attached hydrogen (secondary N) is 2. The number of carbonyl (C=O) groups excluding carboxylic acids is 2. The molecular weight excluding hydrogens is 292 g/mol. The largest absolute Gasteiger partial charge is 0.494 e. The quantitative estimate of drug-likeness (QED) is 0.541. The molecule has 0 radical (unpaired) electrons. The van der Waals surface area contributed by atoms with Gasteiger partial charge in [-0.25, -0.2) is 0 Å². The van der Waals surface area contributed by atoms with Gasteiger partial charge in [0.25, 0.3) is 0 Å². The first-order valence-electron chi connectivity index (χ1n) is 8.24. The number of rotatable bonds is 9. The summed E-state index contributed by atoms with van der Waals surface area (Å²) in [7, 11) is 0. The van der Waals surface area contributed by atoms with E-state index >= 15 is 0 Å². The third kappa shape index (κ3) is 5.93. The molecule has 0 fully saturated rings.